The first kappa shape index (κ1) is 19.2. The molecule has 28 heavy (non-hydrogen) atoms. The van der Waals surface area contributed by atoms with Gasteiger partial charge in [-0.25, -0.2) is 0 Å². The number of thiophene rings is 1. The number of benzene rings is 1. The second-order valence-corrected chi connectivity index (χ2v) is 8.80. The molecule has 0 saturated carbocycles. The summed E-state index contributed by atoms with van der Waals surface area (Å²) in [6.45, 7) is 5.84. The molecule has 0 aliphatic carbocycles. The molecule has 2 amide bonds. The van der Waals surface area contributed by atoms with Gasteiger partial charge in [-0.2, -0.15) is 0 Å². The van der Waals surface area contributed by atoms with Crippen LogP contribution in [0.15, 0.2) is 35.7 Å². The number of carbonyl (C=O) groups excluding carboxylic acids is 2. The zero-order valence-electron chi connectivity index (χ0n) is 16.3. The summed E-state index contributed by atoms with van der Waals surface area (Å²) in [6.07, 6.45) is 4.27. The zero-order valence-corrected chi connectivity index (χ0v) is 17.1. The van der Waals surface area contributed by atoms with Crippen LogP contribution in [-0.4, -0.2) is 42.9 Å². The Morgan fingerprint density at radius 3 is 2.54 bits per heavy atom. The van der Waals surface area contributed by atoms with E-state index in [2.05, 4.69) is 17.6 Å². The minimum absolute atomic E-state index is 0.0266. The first-order valence-corrected chi connectivity index (χ1v) is 11.0. The molecule has 3 heterocycles. The van der Waals surface area contributed by atoms with Crippen molar-refractivity contribution >= 4 is 28.2 Å². The number of hydrogen-bond acceptors (Lipinski definition) is 4. The molecule has 5 nitrogen and oxygen atoms in total. The van der Waals surface area contributed by atoms with E-state index in [4.69, 9.17) is 0 Å². The molecule has 2 fully saturated rings. The second-order valence-electron chi connectivity index (χ2n) is 7.89. The first-order valence-electron chi connectivity index (χ1n) is 10.1. The molecule has 2 aromatic rings. The highest BCUT2D eigenvalue weighted by Gasteiger charge is 2.38. The molecule has 2 N–H and O–H groups in total. The third kappa shape index (κ3) is 3.84. The minimum atomic E-state index is -0.172. The fraction of sp³-hybridized carbons (Fsp3) is 0.455. The van der Waals surface area contributed by atoms with Gasteiger partial charge in [-0.1, -0.05) is 19.1 Å². The fourth-order valence-electron chi connectivity index (χ4n) is 4.22. The largest absolute Gasteiger partial charge is 0.339 e. The van der Waals surface area contributed by atoms with Gasteiger partial charge in [0.1, 0.15) is 5.00 Å². The number of anilines is 1. The summed E-state index contributed by atoms with van der Waals surface area (Å²) in [5.41, 5.74) is 2.79. The van der Waals surface area contributed by atoms with Crippen molar-refractivity contribution in [3.63, 3.8) is 0 Å². The van der Waals surface area contributed by atoms with Crippen molar-refractivity contribution in [3.05, 3.63) is 52.4 Å². The van der Waals surface area contributed by atoms with Gasteiger partial charge in [-0.15, -0.1) is 11.3 Å². The Kier molecular flexibility index (Phi) is 5.51. The minimum Gasteiger partial charge on any atom is -0.339 e. The summed E-state index contributed by atoms with van der Waals surface area (Å²) in [6, 6.07) is 9.43. The molecule has 2 saturated heterocycles. The Hall–Kier alpha value is -2.18. The molecular weight excluding hydrogens is 370 g/mol. The molecule has 0 radical (unpaired) electrons. The lowest BCUT2D eigenvalue weighted by Gasteiger charge is -2.38. The molecule has 0 unspecified atom stereocenters. The molecule has 1 aromatic carbocycles. The fourth-order valence-corrected chi connectivity index (χ4v) is 4.99. The van der Waals surface area contributed by atoms with Crippen LogP contribution in [-0.2, 0) is 6.42 Å². The van der Waals surface area contributed by atoms with Gasteiger partial charge >= 0.3 is 0 Å². The molecule has 4 rings (SSSR count). The van der Waals surface area contributed by atoms with E-state index in [-0.39, 0.29) is 11.8 Å². The van der Waals surface area contributed by atoms with Crippen LogP contribution in [0.3, 0.4) is 0 Å². The van der Waals surface area contributed by atoms with E-state index in [0.29, 0.717) is 21.5 Å². The lowest BCUT2D eigenvalue weighted by atomic mass is 9.78. The van der Waals surface area contributed by atoms with Crippen LogP contribution in [0.1, 0.15) is 52.5 Å². The SMILES string of the molecule is CCc1ccc(C(=O)Nc2sccc2C(=O)N2CCC3(CCNC3)CC2)cc1. The molecule has 1 aromatic heterocycles. The quantitative estimate of drug-likeness (QED) is 0.825. The molecule has 2 aliphatic heterocycles. The lowest BCUT2D eigenvalue weighted by Crippen LogP contribution is -2.44. The highest BCUT2D eigenvalue weighted by molar-refractivity contribution is 7.14. The van der Waals surface area contributed by atoms with Crippen molar-refractivity contribution in [1.29, 1.82) is 0 Å². The van der Waals surface area contributed by atoms with Gasteiger partial charge in [0.05, 0.1) is 5.56 Å². The third-order valence-corrected chi connectivity index (χ3v) is 7.02. The van der Waals surface area contributed by atoms with Crippen LogP contribution in [0.25, 0.3) is 0 Å². The van der Waals surface area contributed by atoms with Crippen molar-refractivity contribution in [1.82, 2.24) is 10.2 Å². The smallest absolute Gasteiger partial charge is 0.256 e. The van der Waals surface area contributed by atoms with E-state index in [1.54, 1.807) is 0 Å². The predicted molar refractivity (Wildman–Crippen MR) is 113 cm³/mol. The Balaban J connectivity index is 1.42. The van der Waals surface area contributed by atoms with Crippen LogP contribution in [0.2, 0.25) is 0 Å². The highest BCUT2D eigenvalue weighted by atomic mass is 32.1. The maximum absolute atomic E-state index is 13.1. The van der Waals surface area contributed by atoms with Gasteiger partial charge in [0.2, 0.25) is 0 Å². The Bertz CT molecular complexity index is 843. The normalized spacial score (nSPS) is 18.4. The van der Waals surface area contributed by atoms with Crippen molar-refractivity contribution in [2.45, 2.75) is 32.6 Å². The summed E-state index contributed by atoms with van der Waals surface area (Å²) in [4.78, 5) is 27.6. The van der Waals surface area contributed by atoms with Gasteiger partial charge in [0, 0.05) is 25.2 Å². The van der Waals surface area contributed by atoms with Gasteiger partial charge in [-0.05, 0) is 66.8 Å². The molecule has 1 spiro atoms. The average molecular weight is 398 g/mol. The van der Waals surface area contributed by atoms with Gasteiger partial charge in [0.25, 0.3) is 11.8 Å². The number of amides is 2. The van der Waals surface area contributed by atoms with E-state index in [1.165, 1.54) is 23.3 Å². The van der Waals surface area contributed by atoms with E-state index in [9.17, 15) is 9.59 Å². The average Bonchev–Trinajstić information content (AvgIpc) is 3.38. The lowest BCUT2D eigenvalue weighted by molar-refractivity contribution is 0.0609. The number of nitrogens with one attached hydrogen (secondary N) is 2. The standard InChI is InChI=1S/C22H27N3O2S/c1-2-16-3-5-17(6-4-16)19(26)24-20-18(7-14-28-20)21(27)25-12-9-22(10-13-25)8-11-23-15-22/h3-7,14,23H,2,8-13,15H2,1H3,(H,24,26). The molecule has 0 atom stereocenters. The van der Waals surface area contributed by atoms with Gasteiger partial charge in [-0.3, -0.25) is 9.59 Å². The number of hydrogen-bond donors (Lipinski definition) is 2. The van der Waals surface area contributed by atoms with Crippen LogP contribution < -0.4 is 10.6 Å². The molecule has 2 aliphatic rings. The zero-order chi connectivity index (χ0) is 19.6. The topological polar surface area (TPSA) is 61.4 Å². The number of nitrogens with zero attached hydrogens (tertiary/aromatic N) is 1. The van der Waals surface area contributed by atoms with Crippen LogP contribution in [0.4, 0.5) is 5.00 Å². The maximum atomic E-state index is 13.1. The Labute approximate surface area is 170 Å². The number of rotatable bonds is 4. The van der Waals surface area contributed by atoms with Crippen LogP contribution >= 0.6 is 11.3 Å². The summed E-state index contributed by atoms with van der Waals surface area (Å²) < 4.78 is 0. The maximum Gasteiger partial charge on any atom is 0.256 e. The van der Waals surface area contributed by atoms with Crippen molar-refractivity contribution in [2.75, 3.05) is 31.5 Å². The highest BCUT2D eigenvalue weighted by Crippen LogP contribution is 2.37. The van der Waals surface area contributed by atoms with Gasteiger partial charge in [0.15, 0.2) is 0 Å². The molecule has 0 bridgehead atoms. The van der Waals surface area contributed by atoms with E-state index in [0.717, 1.165) is 45.4 Å². The van der Waals surface area contributed by atoms with Gasteiger partial charge < -0.3 is 15.5 Å². The summed E-state index contributed by atoms with van der Waals surface area (Å²) in [5.74, 6) is -0.146. The number of likely N-dealkylation sites (tertiary alicyclic amines) is 1. The molecular formula is C22H27N3O2S. The second kappa shape index (κ2) is 8.05. The predicted octanol–water partition coefficient (Wildman–Crippen LogP) is 3.78. The molecule has 6 heteroatoms. The number of piperidine rings is 1. The number of carbonyl (C=O) groups is 2. The number of aryl methyl sites for hydroxylation is 1. The van der Waals surface area contributed by atoms with Crippen LogP contribution in [0, 0.1) is 5.41 Å². The van der Waals surface area contributed by atoms with Crippen LogP contribution in [0.5, 0.6) is 0 Å². The third-order valence-electron chi connectivity index (χ3n) is 6.19. The molecule has 148 valence electrons. The van der Waals surface area contributed by atoms with E-state index in [1.807, 2.05) is 40.6 Å². The van der Waals surface area contributed by atoms with Crippen molar-refractivity contribution in [3.8, 4) is 0 Å². The summed E-state index contributed by atoms with van der Waals surface area (Å²) in [5, 5.41) is 8.90. The Morgan fingerprint density at radius 1 is 1.14 bits per heavy atom. The summed E-state index contributed by atoms with van der Waals surface area (Å²) >= 11 is 1.40. The monoisotopic (exact) mass is 397 g/mol. The van der Waals surface area contributed by atoms with E-state index < -0.39 is 0 Å². The van der Waals surface area contributed by atoms with Crippen molar-refractivity contribution in [2.24, 2.45) is 5.41 Å². The summed E-state index contributed by atoms with van der Waals surface area (Å²) in [7, 11) is 0. The Morgan fingerprint density at radius 2 is 1.89 bits per heavy atom. The van der Waals surface area contributed by atoms with Crippen molar-refractivity contribution < 1.29 is 9.59 Å². The first-order chi connectivity index (χ1) is 13.6. The van der Waals surface area contributed by atoms with E-state index >= 15 is 0 Å².